The average molecular weight is 413 g/mol. The van der Waals surface area contributed by atoms with Gasteiger partial charge in [-0.15, -0.1) is 0 Å². The molecular formula is C21H23N3O6. The first-order valence-corrected chi connectivity index (χ1v) is 9.36. The number of rotatable bonds is 10. The number of hydrogen-bond acceptors (Lipinski definition) is 5. The SMILES string of the molecule is C[C@@H](NC(=O)CCC(=O)N[C@H](Cc1ccccc1[N+](=O)[O-])C(=O)O)c1ccccc1. The molecule has 0 radical (unpaired) electrons. The molecule has 0 bridgehead atoms. The number of nitro benzene ring substituents is 1. The first kappa shape index (κ1) is 22.5. The second-order valence-electron chi connectivity index (χ2n) is 6.75. The molecule has 0 fully saturated rings. The minimum absolute atomic E-state index is 0.110. The highest BCUT2D eigenvalue weighted by atomic mass is 16.6. The number of carbonyl (C=O) groups is 3. The van der Waals surface area contributed by atoms with Gasteiger partial charge in [-0.3, -0.25) is 19.7 Å². The van der Waals surface area contributed by atoms with Gasteiger partial charge in [-0.05, 0) is 12.5 Å². The van der Waals surface area contributed by atoms with Gasteiger partial charge in [-0.25, -0.2) is 4.79 Å². The molecule has 0 saturated carbocycles. The van der Waals surface area contributed by atoms with Crippen molar-refractivity contribution in [3.8, 4) is 0 Å². The first-order valence-electron chi connectivity index (χ1n) is 9.36. The van der Waals surface area contributed by atoms with Crippen molar-refractivity contribution in [1.82, 2.24) is 10.6 Å². The summed E-state index contributed by atoms with van der Waals surface area (Å²) in [5.74, 6) is -2.28. The summed E-state index contributed by atoms with van der Waals surface area (Å²) in [5, 5.41) is 25.6. The third-order valence-corrected chi connectivity index (χ3v) is 4.50. The predicted molar refractivity (Wildman–Crippen MR) is 109 cm³/mol. The van der Waals surface area contributed by atoms with Crippen LogP contribution in [0.2, 0.25) is 0 Å². The maximum Gasteiger partial charge on any atom is 0.326 e. The lowest BCUT2D eigenvalue weighted by atomic mass is 10.0. The Morgan fingerprint density at radius 1 is 0.967 bits per heavy atom. The van der Waals surface area contributed by atoms with E-state index in [2.05, 4.69) is 10.6 Å². The number of carboxylic acid groups (broad SMARTS) is 1. The van der Waals surface area contributed by atoms with Crippen LogP contribution in [0.1, 0.15) is 36.9 Å². The summed E-state index contributed by atoms with van der Waals surface area (Å²) in [7, 11) is 0. The van der Waals surface area contributed by atoms with Gasteiger partial charge in [-0.2, -0.15) is 0 Å². The smallest absolute Gasteiger partial charge is 0.326 e. The van der Waals surface area contributed by atoms with Crippen LogP contribution in [0.3, 0.4) is 0 Å². The standard InChI is InChI=1S/C21H23N3O6/c1-14(15-7-3-2-4-8-15)22-19(25)11-12-20(26)23-17(21(27)28)13-16-9-5-6-10-18(16)24(29)30/h2-10,14,17H,11-13H2,1H3,(H,22,25)(H,23,26)(H,27,28)/t14-,17-/m1/s1. The normalized spacial score (nSPS) is 12.4. The van der Waals surface area contributed by atoms with E-state index in [9.17, 15) is 29.6 Å². The highest BCUT2D eigenvalue weighted by Crippen LogP contribution is 2.19. The van der Waals surface area contributed by atoms with Crippen LogP contribution in [-0.2, 0) is 20.8 Å². The fourth-order valence-electron chi connectivity index (χ4n) is 2.91. The van der Waals surface area contributed by atoms with Gasteiger partial charge in [0.25, 0.3) is 5.69 Å². The molecule has 0 spiro atoms. The highest BCUT2D eigenvalue weighted by Gasteiger charge is 2.24. The van der Waals surface area contributed by atoms with E-state index in [0.29, 0.717) is 0 Å². The Morgan fingerprint density at radius 3 is 2.13 bits per heavy atom. The van der Waals surface area contributed by atoms with Crippen molar-refractivity contribution in [2.24, 2.45) is 0 Å². The third kappa shape index (κ3) is 6.69. The maximum atomic E-state index is 12.1. The summed E-state index contributed by atoms with van der Waals surface area (Å²) in [4.78, 5) is 46.2. The van der Waals surface area contributed by atoms with E-state index < -0.39 is 22.8 Å². The minimum atomic E-state index is -1.34. The molecule has 2 atom stereocenters. The molecule has 30 heavy (non-hydrogen) atoms. The summed E-state index contributed by atoms with van der Waals surface area (Å²) in [6.07, 6.45) is -0.551. The van der Waals surface area contributed by atoms with Crippen LogP contribution in [0.5, 0.6) is 0 Å². The molecule has 2 rings (SSSR count). The van der Waals surface area contributed by atoms with E-state index in [-0.39, 0.29) is 42.5 Å². The first-order chi connectivity index (χ1) is 14.3. The second kappa shape index (κ2) is 10.7. The molecule has 0 aliphatic rings. The van der Waals surface area contributed by atoms with E-state index in [1.54, 1.807) is 6.07 Å². The van der Waals surface area contributed by atoms with E-state index in [1.807, 2.05) is 37.3 Å². The molecule has 0 aliphatic heterocycles. The van der Waals surface area contributed by atoms with Gasteiger partial charge in [0.05, 0.1) is 11.0 Å². The van der Waals surface area contributed by atoms with Crippen molar-refractivity contribution in [3.05, 3.63) is 75.8 Å². The van der Waals surface area contributed by atoms with Crippen LogP contribution < -0.4 is 10.6 Å². The van der Waals surface area contributed by atoms with Crippen molar-refractivity contribution >= 4 is 23.5 Å². The number of para-hydroxylation sites is 1. The Bertz CT molecular complexity index is 916. The second-order valence-corrected chi connectivity index (χ2v) is 6.75. The van der Waals surface area contributed by atoms with Gasteiger partial charge in [0, 0.05) is 30.9 Å². The van der Waals surface area contributed by atoms with E-state index in [4.69, 9.17) is 0 Å². The Labute approximate surface area is 173 Å². The lowest BCUT2D eigenvalue weighted by molar-refractivity contribution is -0.385. The summed E-state index contributed by atoms with van der Waals surface area (Å²) < 4.78 is 0. The molecule has 158 valence electrons. The van der Waals surface area contributed by atoms with Crippen LogP contribution in [0.25, 0.3) is 0 Å². The third-order valence-electron chi connectivity index (χ3n) is 4.50. The minimum Gasteiger partial charge on any atom is -0.480 e. The number of nitro groups is 1. The summed E-state index contributed by atoms with van der Waals surface area (Å²) in [5.41, 5.74) is 0.905. The van der Waals surface area contributed by atoms with Gasteiger partial charge in [0.15, 0.2) is 0 Å². The summed E-state index contributed by atoms with van der Waals surface area (Å²) in [6, 6.07) is 13.5. The zero-order chi connectivity index (χ0) is 22.1. The Morgan fingerprint density at radius 2 is 1.53 bits per heavy atom. The quantitative estimate of drug-likeness (QED) is 0.404. The lowest BCUT2D eigenvalue weighted by Gasteiger charge is -2.16. The molecule has 0 unspecified atom stereocenters. The Balaban J connectivity index is 1.89. The van der Waals surface area contributed by atoms with Crippen LogP contribution >= 0.6 is 0 Å². The number of hydrogen-bond donors (Lipinski definition) is 3. The molecular weight excluding hydrogens is 390 g/mol. The lowest BCUT2D eigenvalue weighted by Crippen LogP contribution is -2.42. The Kier molecular flexibility index (Phi) is 8.04. The van der Waals surface area contributed by atoms with Crippen LogP contribution in [0, 0.1) is 10.1 Å². The van der Waals surface area contributed by atoms with E-state index in [0.717, 1.165) is 5.56 Å². The van der Waals surface area contributed by atoms with Crippen molar-refractivity contribution < 1.29 is 24.4 Å². The van der Waals surface area contributed by atoms with Gasteiger partial charge >= 0.3 is 5.97 Å². The molecule has 9 heteroatoms. The molecule has 0 saturated heterocycles. The molecule has 9 nitrogen and oxygen atoms in total. The largest absolute Gasteiger partial charge is 0.480 e. The zero-order valence-corrected chi connectivity index (χ0v) is 16.4. The molecule has 0 heterocycles. The molecule has 0 aromatic heterocycles. The molecule has 0 aliphatic carbocycles. The fraction of sp³-hybridized carbons (Fsp3) is 0.286. The molecule has 2 aromatic carbocycles. The Hall–Kier alpha value is -3.75. The number of nitrogens with one attached hydrogen (secondary N) is 2. The van der Waals surface area contributed by atoms with Gasteiger partial charge in [0.1, 0.15) is 6.04 Å². The maximum absolute atomic E-state index is 12.1. The topological polar surface area (TPSA) is 139 Å². The molecule has 2 aromatic rings. The van der Waals surface area contributed by atoms with Crippen molar-refractivity contribution in [2.45, 2.75) is 38.3 Å². The van der Waals surface area contributed by atoms with Gasteiger partial charge in [-0.1, -0.05) is 48.5 Å². The number of carbonyl (C=O) groups excluding carboxylic acids is 2. The van der Waals surface area contributed by atoms with Crippen LogP contribution in [-0.4, -0.2) is 33.9 Å². The number of aliphatic carboxylic acids is 1. The number of nitrogens with zero attached hydrogens (tertiary/aromatic N) is 1. The van der Waals surface area contributed by atoms with E-state index in [1.165, 1.54) is 18.2 Å². The number of carboxylic acids is 1. The van der Waals surface area contributed by atoms with Crippen molar-refractivity contribution in [2.75, 3.05) is 0 Å². The molecule has 3 N–H and O–H groups in total. The molecule has 2 amide bonds. The van der Waals surface area contributed by atoms with Crippen molar-refractivity contribution in [3.63, 3.8) is 0 Å². The van der Waals surface area contributed by atoms with Crippen LogP contribution in [0.4, 0.5) is 5.69 Å². The van der Waals surface area contributed by atoms with Crippen LogP contribution in [0.15, 0.2) is 54.6 Å². The van der Waals surface area contributed by atoms with E-state index >= 15 is 0 Å². The summed E-state index contributed by atoms with van der Waals surface area (Å²) in [6.45, 7) is 1.82. The van der Waals surface area contributed by atoms with Gasteiger partial charge in [0.2, 0.25) is 11.8 Å². The zero-order valence-electron chi connectivity index (χ0n) is 16.4. The predicted octanol–water partition coefficient (Wildman–Crippen LogP) is 2.36. The van der Waals surface area contributed by atoms with Crippen molar-refractivity contribution in [1.29, 1.82) is 0 Å². The monoisotopic (exact) mass is 413 g/mol. The summed E-state index contributed by atoms with van der Waals surface area (Å²) >= 11 is 0. The number of amides is 2. The average Bonchev–Trinajstić information content (AvgIpc) is 2.72. The highest BCUT2D eigenvalue weighted by molar-refractivity contribution is 5.87. The van der Waals surface area contributed by atoms with Gasteiger partial charge < -0.3 is 15.7 Å². The fourth-order valence-corrected chi connectivity index (χ4v) is 2.91. The number of benzene rings is 2.